The van der Waals surface area contributed by atoms with E-state index in [-0.39, 0.29) is 11.9 Å². The van der Waals surface area contributed by atoms with Crippen LogP contribution in [0.1, 0.15) is 31.1 Å². The summed E-state index contributed by atoms with van der Waals surface area (Å²) in [6.07, 6.45) is 0. The Bertz CT molecular complexity index is 955. The van der Waals surface area contributed by atoms with Gasteiger partial charge in [0.05, 0.1) is 18.4 Å². The van der Waals surface area contributed by atoms with Crippen LogP contribution < -0.4 is 30.5 Å². The van der Waals surface area contributed by atoms with Gasteiger partial charge in [0, 0.05) is 50.6 Å². The van der Waals surface area contributed by atoms with Crippen molar-refractivity contribution in [2.75, 3.05) is 61.5 Å². The summed E-state index contributed by atoms with van der Waals surface area (Å²) in [7, 11) is 1.69. The van der Waals surface area contributed by atoms with Gasteiger partial charge < -0.3 is 30.5 Å². The van der Waals surface area contributed by atoms with E-state index in [9.17, 15) is 9.59 Å². The molecule has 8 heteroatoms. The van der Waals surface area contributed by atoms with Gasteiger partial charge in [-0.25, -0.2) is 4.79 Å². The van der Waals surface area contributed by atoms with Gasteiger partial charge in [0.1, 0.15) is 5.75 Å². The Labute approximate surface area is 196 Å². The first-order chi connectivity index (χ1) is 15.9. The van der Waals surface area contributed by atoms with Crippen LogP contribution in [-0.2, 0) is 0 Å². The van der Waals surface area contributed by atoms with Crippen molar-refractivity contribution in [3.8, 4) is 5.75 Å². The van der Waals surface area contributed by atoms with E-state index in [4.69, 9.17) is 4.74 Å². The Hall–Kier alpha value is -3.42. The van der Waals surface area contributed by atoms with Crippen molar-refractivity contribution in [1.82, 2.24) is 10.6 Å². The molecule has 33 heavy (non-hydrogen) atoms. The molecule has 0 bridgehead atoms. The molecule has 0 radical (unpaired) electrons. The SMILES string of the molecule is CCNC(=O)Nc1ccc(N2CCN(c3ccccc3OC)CC2)c(C(=O)NCC(C)C)c1. The third-order valence-corrected chi connectivity index (χ3v) is 5.55. The third kappa shape index (κ3) is 6.31. The molecule has 3 N–H and O–H groups in total. The maximum Gasteiger partial charge on any atom is 0.319 e. The Morgan fingerprint density at radius 3 is 2.27 bits per heavy atom. The van der Waals surface area contributed by atoms with E-state index in [2.05, 4.69) is 45.7 Å². The van der Waals surface area contributed by atoms with E-state index >= 15 is 0 Å². The molecule has 2 aromatic carbocycles. The number of para-hydroxylation sites is 2. The number of benzene rings is 2. The second-order valence-electron chi connectivity index (χ2n) is 8.47. The van der Waals surface area contributed by atoms with Gasteiger partial charge in [0.15, 0.2) is 0 Å². The highest BCUT2D eigenvalue weighted by Gasteiger charge is 2.24. The van der Waals surface area contributed by atoms with Gasteiger partial charge in [-0.2, -0.15) is 0 Å². The van der Waals surface area contributed by atoms with Crippen LogP contribution in [0, 0.1) is 5.92 Å². The van der Waals surface area contributed by atoms with Crippen LogP contribution in [0.25, 0.3) is 0 Å². The summed E-state index contributed by atoms with van der Waals surface area (Å²) in [5.74, 6) is 1.07. The summed E-state index contributed by atoms with van der Waals surface area (Å²) in [5, 5.41) is 8.53. The molecule has 1 fully saturated rings. The Balaban J connectivity index is 1.79. The smallest absolute Gasteiger partial charge is 0.319 e. The van der Waals surface area contributed by atoms with Crippen LogP contribution in [-0.4, -0.2) is 58.3 Å². The summed E-state index contributed by atoms with van der Waals surface area (Å²) in [4.78, 5) is 29.6. The Morgan fingerprint density at radius 1 is 0.970 bits per heavy atom. The van der Waals surface area contributed by atoms with Crippen LogP contribution in [0.3, 0.4) is 0 Å². The minimum atomic E-state index is -0.288. The standard InChI is InChI=1S/C25H35N5O3/c1-5-26-25(32)28-19-10-11-21(20(16-19)24(31)27-17-18(2)3)29-12-14-30(15-13-29)22-8-6-7-9-23(22)33-4/h6-11,16,18H,5,12-15,17H2,1-4H3,(H,27,31)(H2,26,28,32). The van der Waals surface area contributed by atoms with E-state index in [1.165, 1.54) is 0 Å². The normalized spacial score (nSPS) is 13.6. The fourth-order valence-electron chi connectivity index (χ4n) is 3.88. The predicted molar refractivity (Wildman–Crippen MR) is 134 cm³/mol. The number of urea groups is 1. The van der Waals surface area contributed by atoms with Crippen LogP contribution in [0.15, 0.2) is 42.5 Å². The van der Waals surface area contributed by atoms with Gasteiger partial charge in [-0.05, 0) is 43.2 Å². The molecule has 178 valence electrons. The zero-order chi connectivity index (χ0) is 23.8. The number of amides is 3. The molecule has 0 aliphatic carbocycles. The topological polar surface area (TPSA) is 85.9 Å². The van der Waals surface area contributed by atoms with E-state index in [1.807, 2.05) is 37.3 Å². The zero-order valence-corrected chi connectivity index (χ0v) is 20.0. The first kappa shape index (κ1) is 24.2. The van der Waals surface area contributed by atoms with Crippen molar-refractivity contribution < 1.29 is 14.3 Å². The third-order valence-electron chi connectivity index (χ3n) is 5.55. The molecule has 3 amide bonds. The quantitative estimate of drug-likeness (QED) is 0.569. The fraction of sp³-hybridized carbons (Fsp3) is 0.440. The fourth-order valence-corrected chi connectivity index (χ4v) is 3.88. The molecule has 1 saturated heterocycles. The highest BCUT2D eigenvalue weighted by atomic mass is 16.5. The second kappa shape index (κ2) is 11.4. The number of rotatable bonds is 8. The summed E-state index contributed by atoms with van der Waals surface area (Å²) in [6, 6.07) is 13.3. The number of ether oxygens (including phenoxy) is 1. The van der Waals surface area contributed by atoms with Gasteiger partial charge >= 0.3 is 6.03 Å². The molecule has 1 heterocycles. The average molecular weight is 454 g/mol. The summed E-state index contributed by atoms with van der Waals surface area (Å²) < 4.78 is 5.52. The van der Waals surface area contributed by atoms with Crippen LogP contribution in [0.5, 0.6) is 5.75 Å². The molecule has 1 aliphatic heterocycles. The predicted octanol–water partition coefficient (Wildman–Crippen LogP) is 3.55. The minimum Gasteiger partial charge on any atom is -0.495 e. The highest BCUT2D eigenvalue weighted by Crippen LogP contribution is 2.31. The van der Waals surface area contributed by atoms with Crippen molar-refractivity contribution in [1.29, 1.82) is 0 Å². The molecule has 0 unspecified atom stereocenters. The van der Waals surface area contributed by atoms with Crippen molar-refractivity contribution in [3.63, 3.8) is 0 Å². The van der Waals surface area contributed by atoms with Gasteiger partial charge in [0.2, 0.25) is 0 Å². The largest absolute Gasteiger partial charge is 0.495 e. The molecule has 0 saturated carbocycles. The lowest BCUT2D eigenvalue weighted by Crippen LogP contribution is -2.47. The first-order valence-corrected chi connectivity index (χ1v) is 11.5. The van der Waals surface area contributed by atoms with Crippen LogP contribution in [0.2, 0.25) is 0 Å². The number of hydrogen-bond acceptors (Lipinski definition) is 5. The molecule has 0 spiro atoms. The second-order valence-corrected chi connectivity index (χ2v) is 8.47. The van der Waals surface area contributed by atoms with Gasteiger partial charge in [0.25, 0.3) is 5.91 Å². The lowest BCUT2D eigenvalue weighted by Gasteiger charge is -2.38. The number of carbonyl (C=O) groups excluding carboxylic acids is 2. The molecule has 0 aromatic heterocycles. The summed E-state index contributed by atoms with van der Waals surface area (Å²) in [5.41, 5.74) is 3.11. The van der Waals surface area contributed by atoms with Crippen molar-refractivity contribution in [2.24, 2.45) is 5.92 Å². The lowest BCUT2D eigenvalue weighted by molar-refractivity contribution is 0.0949. The molecule has 1 aliphatic rings. The zero-order valence-electron chi connectivity index (χ0n) is 20.0. The van der Waals surface area contributed by atoms with E-state index in [0.717, 1.165) is 43.3 Å². The minimum absolute atomic E-state index is 0.134. The maximum absolute atomic E-state index is 13.1. The Kier molecular flexibility index (Phi) is 8.40. The first-order valence-electron chi connectivity index (χ1n) is 11.5. The summed E-state index contributed by atoms with van der Waals surface area (Å²) in [6.45, 7) is 10.3. The van der Waals surface area contributed by atoms with Crippen molar-refractivity contribution >= 4 is 29.0 Å². The van der Waals surface area contributed by atoms with E-state index in [1.54, 1.807) is 13.2 Å². The average Bonchev–Trinajstić information content (AvgIpc) is 2.82. The monoisotopic (exact) mass is 453 g/mol. The van der Waals surface area contributed by atoms with Gasteiger partial charge in [-0.15, -0.1) is 0 Å². The number of hydrogen-bond donors (Lipinski definition) is 3. The molecular weight excluding hydrogens is 418 g/mol. The number of anilines is 3. The highest BCUT2D eigenvalue weighted by molar-refractivity contribution is 6.02. The Morgan fingerprint density at radius 2 is 1.64 bits per heavy atom. The molecule has 2 aromatic rings. The number of nitrogens with one attached hydrogen (secondary N) is 3. The van der Waals surface area contributed by atoms with Gasteiger partial charge in [-0.3, -0.25) is 4.79 Å². The van der Waals surface area contributed by atoms with Crippen molar-refractivity contribution in [3.05, 3.63) is 48.0 Å². The number of piperazine rings is 1. The van der Waals surface area contributed by atoms with E-state index in [0.29, 0.717) is 30.3 Å². The van der Waals surface area contributed by atoms with E-state index < -0.39 is 0 Å². The summed E-state index contributed by atoms with van der Waals surface area (Å²) >= 11 is 0. The maximum atomic E-state index is 13.1. The molecule has 3 rings (SSSR count). The number of nitrogens with zero attached hydrogens (tertiary/aromatic N) is 2. The van der Waals surface area contributed by atoms with Crippen molar-refractivity contribution in [2.45, 2.75) is 20.8 Å². The van der Waals surface area contributed by atoms with Crippen LogP contribution >= 0.6 is 0 Å². The van der Waals surface area contributed by atoms with Gasteiger partial charge in [-0.1, -0.05) is 26.0 Å². The van der Waals surface area contributed by atoms with Crippen LogP contribution in [0.4, 0.5) is 21.9 Å². The number of carbonyl (C=O) groups is 2. The molecular formula is C25H35N5O3. The molecule has 0 atom stereocenters. The number of methoxy groups -OCH3 is 1. The molecule has 8 nitrogen and oxygen atoms in total. The lowest BCUT2D eigenvalue weighted by atomic mass is 10.1.